The number of carbonyl (C=O) groups is 1. The standard InChI is InChI=1S/C12H8Cl2N2OS/c13-9-3-1-7(5-10(9)14)12(17)16-8-2-4-11(18)15-6-8/h1-6H,(H,15,18)(H,16,17). The molecule has 1 amide bonds. The first-order valence-electron chi connectivity index (χ1n) is 5.01. The van der Waals surface area contributed by atoms with Crippen LogP contribution >= 0.6 is 35.4 Å². The van der Waals surface area contributed by atoms with Crippen molar-refractivity contribution in [3.8, 4) is 0 Å². The minimum atomic E-state index is -0.265. The Bertz CT molecular complexity index is 634. The molecule has 0 bridgehead atoms. The molecule has 92 valence electrons. The fourth-order valence-electron chi connectivity index (χ4n) is 1.33. The number of hydrogen-bond acceptors (Lipinski definition) is 2. The minimum absolute atomic E-state index is 0.265. The van der Waals surface area contributed by atoms with Gasteiger partial charge in [-0.2, -0.15) is 0 Å². The number of hydrogen-bond donors (Lipinski definition) is 2. The van der Waals surface area contributed by atoms with Gasteiger partial charge in [0.15, 0.2) is 0 Å². The summed E-state index contributed by atoms with van der Waals surface area (Å²) >= 11 is 16.5. The summed E-state index contributed by atoms with van der Waals surface area (Å²) in [7, 11) is 0. The lowest BCUT2D eigenvalue weighted by Gasteiger charge is -2.05. The monoisotopic (exact) mass is 298 g/mol. The SMILES string of the molecule is O=C(Nc1ccc(=S)[nH]c1)c1ccc(Cl)c(Cl)c1. The third-order valence-electron chi connectivity index (χ3n) is 2.22. The van der Waals surface area contributed by atoms with E-state index in [2.05, 4.69) is 10.3 Å². The lowest BCUT2D eigenvalue weighted by Crippen LogP contribution is -2.11. The van der Waals surface area contributed by atoms with E-state index in [0.29, 0.717) is 25.9 Å². The summed E-state index contributed by atoms with van der Waals surface area (Å²) in [5, 5.41) is 3.47. The zero-order chi connectivity index (χ0) is 13.1. The Kier molecular flexibility index (Phi) is 4.01. The fraction of sp³-hybridized carbons (Fsp3) is 0. The Morgan fingerprint density at radius 2 is 1.94 bits per heavy atom. The normalized spacial score (nSPS) is 10.1. The summed E-state index contributed by atoms with van der Waals surface area (Å²) in [5.41, 5.74) is 1.06. The maximum absolute atomic E-state index is 11.9. The number of anilines is 1. The van der Waals surface area contributed by atoms with E-state index in [1.54, 1.807) is 30.5 Å². The van der Waals surface area contributed by atoms with Crippen molar-refractivity contribution in [1.29, 1.82) is 0 Å². The van der Waals surface area contributed by atoms with Crippen molar-refractivity contribution in [2.24, 2.45) is 0 Å². The molecule has 0 aliphatic carbocycles. The van der Waals surface area contributed by atoms with Gasteiger partial charge in [-0.25, -0.2) is 0 Å². The van der Waals surface area contributed by atoms with Crippen LogP contribution in [-0.2, 0) is 0 Å². The van der Waals surface area contributed by atoms with Crippen molar-refractivity contribution in [2.75, 3.05) is 5.32 Å². The Morgan fingerprint density at radius 1 is 1.17 bits per heavy atom. The second-order valence-electron chi connectivity index (χ2n) is 3.52. The number of nitrogens with one attached hydrogen (secondary N) is 2. The van der Waals surface area contributed by atoms with E-state index in [0.717, 1.165) is 0 Å². The van der Waals surface area contributed by atoms with E-state index >= 15 is 0 Å². The number of halogens is 2. The van der Waals surface area contributed by atoms with Gasteiger partial charge in [-0.15, -0.1) is 0 Å². The van der Waals surface area contributed by atoms with Gasteiger partial charge in [-0.1, -0.05) is 35.4 Å². The highest BCUT2D eigenvalue weighted by molar-refractivity contribution is 7.71. The first kappa shape index (κ1) is 13.1. The molecule has 2 N–H and O–H groups in total. The largest absolute Gasteiger partial charge is 0.351 e. The number of carbonyl (C=O) groups excluding carboxylic acids is 1. The quantitative estimate of drug-likeness (QED) is 0.812. The topological polar surface area (TPSA) is 44.9 Å². The van der Waals surface area contributed by atoms with Crippen molar-refractivity contribution in [2.45, 2.75) is 0 Å². The number of H-pyrrole nitrogens is 1. The van der Waals surface area contributed by atoms with Crippen LogP contribution in [0.1, 0.15) is 10.4 Å². The highest BCUT2D eigenvalue weighted by Gasteiger charge is 2.08. The van der Waals surface area contributed by atoms with E-state index in [4.69, 9.17) is 35.4 Å². The van der Waals surface area contributed by atoms with E-state index < -0.39 is 0 Å². The Balaban J connectivity index is 2.19. The average Bonchev–Trinajstić information content (AvgIpc) is 2.35. The lowest BCUT2D eigenvalue weighted by molar-refractivity contribution is 0.102. The number of rotatable bonds is 2. The second-order valence-corrected chi connectivity index (χ2v) is 4.78. The molecular weight excluding hydrogens is 291 g/mol. The predicted molar refractivity (Wildman–Crippen MR) is 76.0 cm³/mol. The van der Waals surface area contributed by atoms with Crippen LogP contribution in [-0.4, -0.2) is 10.9 Å². The van der Waals surface area contributed by atoms with Crippen LogP contribution in [0.4, 0.5) is 5.69 Å². The van der Waals surface area contributed by atoms with Crippen LogP contribution in [0.15, 0.2) is 36.5 Å². The molecule has 0 aliphatic rings. The highest BCUT2D eigenvalue weighted by atomic mass is 35.5. The van der Waals surface area contributed by atoms with Gasteiger partial charge in [0.05, 0.1) is 15.7 Å². The molecule has 0 saturated carbocycles. The van der Waals surface area contributed by atoms with E-state index in [1.807, 2.05) is 0 Å². The molecule has 0 unspecified atom stereocenters. The molecule has 18 heavy (non-hydrogen) atoms. The third kappa shape index (κ3) is 3.10. The average molecular weight is 299 g/mol. The second kappa shape index (κ2) is 5.52. The molecule has 0 fully saturated rings. The number of pyridine rings is 1. The van der Waals surface area contributed by atoms with E-state index in [-0.39, 0.29) is 5.91 Å². The number of benzene rings is 1. The molecule has 6 heteroatoms. The van der Waals surface area contributed by atoms with Crippen molar-refractivity contribution in [1.82, 2.24) is 4.98 Å². The molecule has 1 heterocycles. The molecule has 0 aliphatic heterocycles. The maximum Gasteiger partial charge on any atom is 0.255 e. The van der Waals surface area contributed by atoms with E-state index in [9.17, 15) is 4.79 Å². The fourth-order valence-corrected chi connectivity index (χ4v) is 1.75. The van der Waals surface area contributed by atoms with Crippen molar-refractivity contribution in [3.05, 3.63) is 56.8 Å². The number of aromatic nitrogens is 1. The van der Waals surface area contributed by atoms with Crippen LogP contribution in [0.2, 0.25) is 10.0 Å². The molecule has 0 atom stereocenters. The number of aromatic amines is 1. The van der Waals surface area contributed by atoms with Gasteiger partial charge in [-0.3, -0.25) is 4.79 Å². The van der Waals surface area contributed by atoms with Crippen LogP contribution in [0.25, 0.3) is 0 Å². The zero-order valence-electron chi connectivity index (χ0n) is 9.04. The maximum atomic E-state index is 11.9. The number of amides is 1. The molecular formula is C12H8Cl2N2OS. The molecule has 2 aromatic rings. The van der Waals surface area contributed by atoms with E-state index in [1.165, 1.54) is 6.07 Å². The molecule has 1 aromatic heterocycles. The van der Waals surface area contributed by atoms with Gasteiger partial charge in [-0.05, 0) is 30.3 Å². The summed E-state index contributed by atoms with van der Waals surface area (Å²) < 4.78 is 0.600. The summed E-state index contributed by atoms with van der Waals surface area (Å²) in [6, 6.07) is 8.12. The van der Waals surface area contributed by atoms with Gasteiger partial charge in [0.25, 0.3) is 5.91 Å². The zero-order valence-corrected chi connectivity index (χ0v) is 11.4. The smallest absolute Gasteiger partial charge is 0.255 e. The molecule has 2 rings (SSSR count). The van der Waals surface area contributed by atoms with Crippen LogP contribution in [0, 0.1) is 4.64 Å². The first-order valence-corrected chi connectivity index (χ1v) is 6.18. The predicted octanol–water partition coefficient (Wildman–Crippen LogP) is 4.30. The Morgan fingerprint density at radius 3 is 2.56 bits per heavy atom. The highest BCUT2D eigenvalue weighted by Crippen LogP contribution is 2.23. The van der Waals surface area contributed by atoms with Crippen LogP contribution in [0.3, 0.4) is 0 Å². The summed E-state index contributed by atoms with van der Waals surface area (Å²) in [4.78, 5) is 14.7. The molecule has 3 nitrogen and oxygen atoms in total. The van der Waals surface area contributed by atoms with Gasteiger partial charge in [0, 0.05) is 11.8 Å². The summed E-state index contributed by atoms with van der Waals surface area (Å²) in [6.45, 7) is 0. The third-order valence-corrected chi connectivity index (χ3v) is 3.22. The van der Waals surface area contributed by atoms with Gasteiger partial charge in [0.2, 0.25) is 0 Å². The summed E-state index contributed by atoms with van der Waals surface area (Å²) in [6.07, 6.45) is 1.62. The van der Waals surface area contributed by atoms with Crippen molar-refractivity contribution >= 4 is 47.0 Å². The van der Waals surface area contributed by atoms with Crippen LogP contribution in [0.5, 0.6) is 0 Å². The Hall–Kier alpha value is -1.36. The van der Waals surface area contributed by atoms with Gasteiger partial charge < -0.3 is 10.3 Å². The Labute approximate surface area is 119 Å². The van der Waals surface area contributed by atoms with Crippen LogP contribution < -0.4 is 5.32 Å². The van der Waals surface area contributed by atoms with Gasteiger partial charge >= 0.3 is 0 Å². The van der Waals surface area contributed by atoms with Crippen molar-refractivity contribution < 1.29 is 4.79 Å². The van der Waals surface area contributed by atoms with Gasteiger partial charge in [0.1, 0.15) is 4.64 Å². The molecule has 1 aromatic carbocycles. The first-order chi connectivity index (χ1) is 8.56. The van der Waals surface area contributed by atoms with Crippen molar-refractivity contribution in [3.63, 3.8) is 0 Å². The summed E-state index contributed by atoms with van der Waals surface area (Å²) in [5.74, 6) is -0.265. The minimum Gasteiger partial charge on any atom is -0.351 e. The molecule has 0 spiro atoms. The molecule has 0 saturated heterocycles. The molecule has 0 radical (unpaired) electrons. The lowest BCUT2D eigenvalue weighted by atomic mass is 10.2.